The lowest BCUT2D eigenvalue weighted by Gasteiger charge is -2.11. The van der Waals surface area contributed by atoms with Crippen LogP contribution >= 0.6 is 12.2 Å². The second-order valence-corrected chi connectivity index (χ2v) is 9.04. The van der Waals surface area contributed by atoms with Crippen LogP contribution in [0.3, 0.4) is 0 Å². The van der Waals surface area contributed by atoms with Gasteiger partial charge in [0.2, 0.25) is 0 Å². The molecule has 0 saturated heterocycles. The molecule has 0 amide bonds. The number of hydrogen-bond donors (Lipinski definition) is 1. The molecular formula is C17H16F3N5O2S2. The predicted molar refractivity (Wildman–Crippen MR) is 106 cm³/mol. The molecule has 29 heavy (non-hydrogen) atoms. The monoisotopic (exact) mass is 443 g/mol. The van der Waals surface area contributed by atoms with Crippen LogP contribution in [0.1, 0.15) is 19.5 Å². The summed E-state index contributed by atoms with van der Waals surface area (Å²) in [6.45, 7) is 3.12. The average Bonchev–Trinajstić information content (AvgIpc) is 2.96. The summed E-state index contributed by atoms with van der Waals surface area (Å²) in [7, 11) is -2.13. The molecule has 0 aromatic carbocycles. The lowest BCUT2D eigenvalue weighted by Crippen LogP contribution is -2.11. The van der Waals surface area contributed by atoms with Crippen LogP contribution in [0.15, 0.2) is 29.3 Å². The lowest BCUT2D eigenvalue weighted by atomic mass is 10.3. The molecule has 3 heterocycles. The molecule has 0 bridgehead atoms. The molecule has 0 atom stereocenters. The van der Waals surface area contributed by atoms with E-state index >= 15 is 0 Å². The number of aryl methyl sites for hydroxylation is 1. The maximum Gasteiger partial charge on any atom is 0.433 e. The van der Waals surface area contributed by atoms with Gasteiger partial charge in [-0.15, -0.1) is 0 Å². The predicted octanol–water partition coefficient (Wildman–Crippen LogP) is 3.60. The fourth-order valence-corrected chi connectivity index (χ4v) is 3.84. The molecule has 3 rings (SSSR count). The smallest absolute Gasteiger partial charge is 0.335 e. The number of pyridine rings is 2. The molecule has 0 aliphatic carbocycles. The van der Waals surface area contributed by atoms with Crippen molar-refractivity contribution in [3.05, 3.63) is 30.1 Å². The molecule has 0 fully saturated rings. The van der Waals surface area contributed by atoms with E-state index in [9.17, 15) is 21.6 Å². The van der Waals surface area contributed by atoms with E-state index in [4.69, 9.17) is 12.2 Å². The van der Waals surface area contributed by atoms with Gasteiger partial charge in [-0.3, -0.25) is 0 Å². The Hall–Kier alpha value is -2.60. The Balaban J connectivity index is 2.29. The maximum absolute atomic E-state index is 13.0. The van der Waals surface area contributed by atoms with Gasteiger partial charge in [0, 0.05) is 7.05 Å². The number of sulfone groups is 1. The zero-order valence-corrected chi connectivity index (χ0v) is 17.2. The van der Waals surface area contributed by atoms with Crippen LogP contribution in [-0.4, -0.2) is 38.7 Å². The Morgan fingerprint density at radius 1 is 1.28 bits per heavy atom. The minimum atomic E-state index is -4.62. The Kier molecular flexibility index (Phi) is 5.34. The minimum absolute atomic E-state index is 0.0142. The molecule has 154 valence electrons. The van der Waals surface area contributed by atoms with Crippen molar-refractivity contribution in [3.8, 4) is 11.5 Å². The van der Waals surface area contributed by atoms with Gasteiger partial charge in [0.15, 0.2) is 15.7 Å². The van der Waals surface area contributed by atoms with E-state index in [2.05, 4.69) is 20.3 Å². The van der Waals surface area contributed by atoms with E-state index in [0.717, 1.165) is 12.3 Å². The first-order valence-corrected chi connectivity index (χ1v) is 10.4. The van der Waals surface area contributed by atoms with E-state index in [-0.39, 0.29) is 27.7 Å². The van der Waals surface area contributed by atoms with Crippen LogP contribution in [-0.2, 0) is 23.1 Å². The standard InChI is InChI=1S/C17H16F3N5O2S2/c1-4-29(26,27)12-5-6-14(22-9(2)28)24-15(12)16-23-10-7-13(17(18,19)20)21-8-11(10)25(16)3/h5-8H,4H2,1-3H3,(H,22,24,28). The second-order valence-electron chi connectivity index (χ2n) is 6.18. The Morgan fingerprint density at radius 2 is 1.97 bits per heavy atom. The maximum atomic E-state index is 13.0. The van der Waals surface area contributed by atoms with Crippen molar-refractivity contribution in [3.63, 3.8) is 0 Å². The highest BCUT2D eigenvalue weighted by Crippen LogP contribution is 2.32. The van der Waals surface area contributed by atoms with Crippen molar-refractivity contribution < 1.29 is 21.6 Å². The summed E-state index contributed by atoms with van der Waals surface area (Å²) in [5, 5.41) is 2.82. The Morgan fingerprint density at radius 3 is 2.55 bits per heavy atom. The number of imidazole rings is 1. The zero-order chi connectivity index (χ0) is 21.6. The molecule has 0 radical (unpaired) electrons. The van der Waals surface area contributed by atoms with Crippen molar-refractivity contribution in [2.45, 2.75) is 24.9 Å². The summed E-state index contributed by atoms with van der Waals surface area (Å²) >= 11 is 4.99. The van der Waals surface area contributed by atoms with Gasteiger partial charge in [-0.05, 0) is 25.1 Å². The summed E-state index contributed by atoms with van der Waals surface area (Å²) < 4.78 is 65.5. The number of rotatable bonds is 4. The van der Waals surface area contributed by atoms with Crippen molar-refractivity contribution in [1.29, 1.82) is 0 Å². The number of anilines is 1. The fraction of sp³-hybridized carbons (Fsp3) is 0.294. The number of nitrogens with one attached hydrogen (secondary N) is 1. The number of halogens is 3. The normalized spacial score (nSPS) is 12.3. The molecular weight excluding hydrogens is 427 g/mol. The van der Waals surface area contributed by atoms with Crippen LogP contribution in [0, 0.1) is 0 Å². The molecule has 0 saturated carbocycles. The first kappa shape index (κ1) is 21.1. The van der Waals surface area contributed by atoms with E-state index in [0.29, 0.717) is 16.3 Å². The first-order valence-electron chi connectivity index (χ1n) is 8.35. The molecule has 0 aliphatic heterocycles. The van der Waals surface area contributed by atoms with Crippen molar-refractivity contribution in [1.82, 2.24) is 19.5 Å². The van der Waals surface area contributed by atoms with E-state index in [1.165, 1.54) is 23.6 Å². The van der Waals surface area contributed by atoms with Gasteiger partial charge in [-0.25, -0.2) is 23.4 Å². The highest BCUT2D eigenvalue weighted by Gasteiger charge is 2.33. The number of aromatic nitrogens is 4. The number of thiocarbonyl (C=S) groups is 1. The zero-order valence-electron chi connectivity index (χ0n) is 15.6. The third-order valence-electron chi connectivity index (χ3n) is 4.15. The molecule has 0 unspecified atom stereocenters. The van der Waals surface area contributed by atoms with Crippen LogP contribution < -0.4 is 5.32 Å². The van der Waals surface area contributed by atoms with Crippen molar-refractivity contribution >= 4 is 43.9 Å². The largest absolute Gasteiger partial charge is 0.433 e. The van der Waals surface area contributed by atoms with Gasteiger partial charge in [0.1, 0.15) is 17.2 Å². The van der Waals surface area contributed by atoms with Crippen LogP contribution in [0.4, 0.5) is 19.0 Å². The molecule has 1 N–H and O–H groups in total. The third kappa shape index (κ3) is 4.08. The van der Waals surface area contributed by atoms with Gasteiger partial charge in [0.25, 0.3) is 0 Å². The number of nitrogens with zero attached hydrogens (tertiary/aromatic N) is 4. The van der Waals surface area contributed by atoms with Gasteiger partial charge in [-0.1, -0.05) is 19.1 Å². The molecule has 3 aromatic heterocycles. The Labute approximate surface area is 169 Å². The molecule has 0 aliphatic rings. The van der Waals surface area contributed by atoms with Crippen LogP contribution in [0.25, 0.3) is 22.6 Å². The van der Waals surface area contributed by atoms with Crippen LogP contribution in [0.5, 0.6) is 0 Å². The summed E-state index contributed by atoms with van der Waals surface area (Å²) in [5.41, 5.74) is -0.744. The highest BCUT2D eigenvalue weighted by atomic mass is 32.2. The van der Waals surface area contributed by atoms with Gasteiger partial charge >= 0.3 is 6.18 Å². The Bertz CT molecular complexity index is 1220. The molecule has 12 heteroatoms. The van der Waals surface area contributed by atoms with Gasteiger partial charge in [0.05, 0.1) is 32.9 Å². The first-order chi connectivity index (χ1) is 13.4. The minimum Gasteiger partial charge on any atom is -0.335 e. The third-order valence-corrected chi connectivity index (χ3v) is 6.01. The van der Waals surface area contributed by atoms with E-state index < -0.39 is 21.7 Å². The van der Waals surface area contributed by atoms with Crippen molar-refractivity contribution in [2.75, 3.05) is 11.1 Å². The summed E-state index contributed by atoms with van der Waals surface area (Å²) in [6, 6.07) is 3.66. The van der Waals surface area contributed by atoms with Crippen molar-refractivity contribution in [2.24, 2.45) is 7.05 Å². The summed E-state index contributed by atoms with van der Waals surface area (Å²) in [4.78, 5) is 12.3. The number of fused-ring (bicyclic) bond motifs is 1. The molecule has 0 spiro atoms. The topological polar surface area (TPSA) is 89.8 Å². The quantitative estimate of drug-likeness (QED) is 0.616. The number of alkyl halides is 3. The van der Waals surface area contributed by atoms with Gasteiger partial charge in [-0.2, -0.15) is 13.2 Å². The second kappa shape index (κ2) is 7.34. The fourth-order valence-electron chi connectivity index (χ4n) is 2.72. The highest BCUT2D eigenvalue weighted by molar-refractivity contribution is 7.91. The SMILES string of the molecule is CCS(=O)(=O)c1ccc(NC(C)=S)nc1-c1nc2cc(C(F)(F)F)ncc2n1C. The molecule has 3 aromatic rings. The summed E-state index contributed by atoms with van der Waals surface area (Å²) in [5.74, 6) is 0.215. The number of hydrogen-bond acceptors (Lipinski definition) is 6. The van der Waals surface area contributed by atoms with E-state index in [1.807, 2.05) is 0 Å². The lowest BCUT2D eigenvalue weighted by molar-refractivity contribution is -0.141. The van der Waals surface area contributed by atoms with E-state index in [1.54, 1.807) is 14.0 Å². The van der Waals surface area contributed by atoms with Crippen LogP contribution in [0.2, 0.25) is 0 Å². The van der Waals surface area contributed by atoms with Gasteiger partial charge < -0.3 is 9.88 Å². The molecule has 7 nitrogen and oxygen atoms in total. The summed E-state index contributed by atoms with van der Waals surface area (Å²) in [6.07, 6.45) is -3.58. The average molecular weight is 443 g/mol.